The first-order valence-corrected chi connectivity index (χ1v) is 7.26. The number of anilines is 2. The maximum absolute atomic E-state index is 11.0. The third-order valence-corrected chi connectivity index (χ3v) is 3.92. The van der Waals surface area contributed by atoms with Crippen molar-refractivity contribution in [2.24, 2.45) is 5.92 Å². The van der Waals surface area contributed by atoms with Gasteiger partial charge < -0.3 is 10.6 Å². The lowest BCUT2D eigenvalue weighted by Gasteiger charge is -2.29. The zero-order valence-corrected chi connectivity index (χ0v) is 12.3. The molecule has 19 heavy (non-hydrogen) atoms. The van der Waals surface area contributed by atoms with Crippen LogP contribution in [0.5, 0.6) is 0 Å². The molecule has 0 bridgehead atoms. The van der Waals surface area contributed by atoms with Crippen LogP contribution in [0, 0.1) is 5.92 Å². The quantitative estimate of drug-likeness (QED) is 0.845. The Morgan fingerprint density at radius 3 is 2.74 bits per heavy atom. The van der Waals surface area contributed by atoms with E-state index in [-0.39, 0.29) is 5.91 Å². The average Bonchev–Trinajstić information content (AvgIpc) is 2.27. The number of amides is 1. The smallest absolute Gasteiger partial charge is 0.221 e. The van der Waals surface area contributed by atoms with E-state index in [1.807, 2.05) is 18.2 Å². The predicted octanol–water partition coefficient (Wildman–Crippen LogP) is 4.29. The number of hydrogen-bond donors (Lipinski definition) is 2. The second kappa shape index (κ2) is 6.29. The second-order valence-corrected chi connectivity index (χ2v) is 5.86. The van der Waals surface area contributed by atoms with Crippen molar-refractivity contribution in [2.45, 2.75) is 45.6 Å². The van der Waals surface area contributed by atoms with Crippen LogP contribution in [0.3, 0.4) is 0 Å². The van der Waals surface area contributed by atoms with Crippen LogP contribution in [0.15, 0.2) is 18.2 Å². The van der Waals surface area contributed by atoms with Crippen LogP contribution >= 0.6 is 11.6 Å². The fourth-order valence-electron chi connectivity index (χ4n) is 2.47. The molecule has 104 valence electrons. The fraction of sp³-hybridized carbons (Fsp3) is 0.533. The van der Waals surface area contributed by atoms with Gasteiger partial charge in [-0.15, -0.1) is 0 Å². The van der Waals surface area contributed by atoms with E-state index in [1.165, 1.54) is 32.6 Å². The number of carbonyl (C=O) groups is 1. The number of carbonyl (C=O) groups excluding carboxylic acids is 1. The van der Waals surface area contributed by atoms with Gasteiger partial charge in [-0.3, -0.25) is 4.79 Å². The Kier molecular flexibility index (Phi) is 4.70. The van der Waals surface area contributed by atoms with Crippen LogP contribution in [0.1, 0.15) is 39.5 Å². The Morgan fingerprint density at radius 2 is 2.21 bits per heavy atom. The van der Waals surface area contributed by atoms with E-state index in [1.54, 1.807) is 0 Å². The van der Waals surface area contributed by atoms with Gasteiger partial charge in [0.05, 0.1) is 10.7 Å². The highest BCUT2D eigenvalue weighted by atomic mass is 35.5. The number of nitrogens with one attached hydrogen (secondary N) is 2. The first-order valence-electron chi connectivity index (χ1n) is 6.88. The molecule has 2 N–H and O–H groups in total. The van der Waals surface area contributed by atoms with Crippen molar-refractivity contribution in [3.05, 3.63) is 23.2 Å². The molecule has 1 aromatic carbocycles. The van der Waals surface area contributed by atoms with Crippen LogP contribution in [-0.4, -0.2) is 11.9 Å². The minimum Gasteiger partial charge on any atom is -0.383 e. The summed E-state index contributed by atoms with van der Waals surface area (Å²) in [6.45, 7) is 3.68. The molecule has 0 spiro atoms. The summed E-state index contributed by atoms with van der Waals surface area (Å²) in [5, 5.41) is 6.74. The van der Waals surface area contributed by atoms with Gasteiger partial charge in [-0.25, -0.2) is 0 Å². The zero-order valence-electron chi connectivity index (χ0n) is 11.5. The molecule has 1 fully saturated rings. The first kappa shape index (κ1) is 14.2. The van der Waals surface area contributed by atoms with Crippen molar-refractivity contribution in [1.82, 2.24) is 0 Å². The Hall–Kier alpha value is -1.22. The van der Waals surface area contributed by atoms with E-state index in [4.69, 9.17) is 11.6 Å². The standard InChI is InChI=1S/C15H21ClN2O/c1-10(8-12-4-3-5-12)17-13-6-7-15(14(16)9-13)18-11(2)19/h6-7,9-10,12,17H,3-5,8H2,1-2H3,(H,18,19). The van der Waals surface area contributed by atoms with Crippen molar-refractivity contribution in [1.29, 1.82) is 0 Å². The molecule has 1 atom stereocenters. The van der Waals surface area contributed by atoms with Gasteiger partial charge in [-0.05, 0) is 37.5 Å². The molecule has 4 heteroatoms. The molecule has 1 unspecified atom stereocenters. The molecule has 1 aromatic rings. The Balaban J connectivity index is 1.92. The molecule has 0 aromatic heterocycles. The second-order valence-electron chi connectivity index (χ2n) is 5.45. The van der Waals surface area contributed by atoms with E-state index in [2.05, 4.69) is 17.6 Å². The van der Waals surface area contributed by atoms with Crippen LogP contribution < -0.4 is 10.6 Å². The van der Waals surface area contributed by atoms with Crippen LogP contribution in [0.4, 0.5) is 11.4 Å². The summed E-state index contributed by atoms with van der Waals surface area (Å²) in [4.78, 5) is 11.0. The van der Waals surface area contributed by atoms with Crippen molar-refractivity contribution in [3.63, 3.8) is 0 Å². The number of hydrogen-bond acceptors (Lipinski definition) is 2. The van der Waals surface area contributed by atoms with Gasteiger partial charge in [0.2, 0.25) is 5.91 Å². The lowest BCUT2D eigenvalue weighted by Crippen LogP contribution is -2.23. The van der Waals surface area contributed by atoms with Gasteiger partial charge in [-0.2, -0.15) is 0 Å². The summed E-state index contributed by atoms with van der Waals surface area (Å²) in [6, 6.07) is 6.11. The monoisotopic (exact) mass is 280 g/mol. The fourth-order valence-corrected chi connectivity index (χ4v) is 2.70. The summed E-state index contributed by atoms with van der Waals surface area (Å²) >= 11 is 6.15. The predicted molar refractivity (Wildman–Crippen MR) is 80.8 cm³/mol. The summed E-state index contributed by atoms with van der Waals surface area (Å²) < 4.78 is 0. The molecule has 1 aliphatic rings. The molecule has 0 heterocycles. The average molecular weight is 281 g/mol. The van der Waals surface area contributed by atoms with Crippen LogP contribution in [-0.2, 0) is 4.79 Å². The number of benzene rings is 1. The summed E-state index contributed by atoms with van der Waals surface area (Å²) in [5.74, 6) is 0.776. The topological polar surface area (TPSA) is 41.1 Å². The summed E-state index contributed by atoms with van der Waals surface area (Å²) in [6.07, 6.45) is 5.34. The number of rotatable bonds is 5. The molecule has 3 nitrogen and oxygen atoms in total. The van der Waals surface area contributed by atoms with Gasteiger partial charge in [0.25, 0.3) is 0 Å². The van der Waals surface area contributed by atoms with E-state index < -0.39 is 0 Å². The van der Waals surface area contributed by atoms with E-state index >= 15 is 0 Å². The largest absolute Gasteiger partial charge is 0.383 e. The van der Waals surface area contributed by atoms with Gasteiger partial charge in [-0.1, -0.05) is 30.9 Å². The van der Waals surface area contributed by atoms with Crippen molar-refractivity contribution in [2.75, 3.05) is 10.6 Å². The van der Waals surface area contributed by atoms with Crippen molar-refractivity contribution >= 4 is 28.9 Å². The third-order valence-electron chi connectivity index (χ3n) is 3.60. The van der Waals surface area contributed by atoms with Crippen LogP contribution in [0.2, 0.25) is 5.02 Å². The maximum Gasteiger partial charge on any atom is 0.221 e. The third kappa shape index (κ3) is 4.13. The highest BCUT2D eigenvalue weighted by Gasteiger charge is 2.19. The molecule has 2 rings (SSSR count). The Bertz CT molecular complexity index is 457. The lowest BCUT2D eigenvalue weighted by atomic mass is 9.81. The molecule has 1 saturated carbocycles. The van der Waals surface area contributed by atoms with Gasteiger partial charge in [0, 0.05) is 18.7 Å². The SMILES string of the molecule is CC(=O)Nc1ccc(NC(C)CC2CCC2)cc1Cl. The molecule has 1 aliphatic carbocycles. The summed E-state index contributed by atoms with van der Waals surface area (Å²) in [7, 11) is 0. The van der Waals surface area contributed by atoms with Crippen LogP contribution in [0.25, 0.3) is 0 Å². The minimum atomic E-state index is -0.110. The van der Waals surface area contributed by atoms with Gasteiger partial charge >= 0.3 is 0 Å². The molecule has 0 saturated heterocycles. The van der Waals surface area contributed by atoms with Gasteiger partial charge in [0.1, 0.15) is 0 Å². The molecular weight excluding hydrogens is 260 g/mol. The highest BCUT2D eigenvalue weighted by Crippen LogP contribution is 2.32. The molecule has 0 radical (unpaired) electrons. The zero-order chi connectivity index (χ0) is 13.8. The minimum absolute atomic E-state index is 0.110. The Morgan fingerprint density at radius 1 is 1.47 bits per heavy atom. The van der Waals surface area contributed by atoms with E-state index in [0.717, 1.165) is 11.6 Å². The Labute approximate surface area is 119 Å². The maximum atomic E-state index is 11.0. The van der Waals surface area contributed by atoms with E-state index in [9.17, 15) is 4.79 Å². The van der Waals surface area contributed by atoms with E-state index in [0.29, 0.717) is 16.8 Å². The van der Waals surface area contributed by atoms with Gasteiger partial charge in [0.15, 0.2) is 0 Å². The molecule has 1 amide bonds. The molecule has 0 aliphatic heterocycles. The lowest BCUT2D eigenvalue weighted by molar-refractivity contribution is -0.114. The normalized spacial score (nSPS) is 16.6. The summed E-state index contributed by atoms with van der Waals surface area (Å²) in [5.41, 5.74) is 1.66. The highest BCUT2D eigenvalue weighted by molar-refractivity contribution is 6.34. The first-order chi connectivity index (χ1) is 9.04. The van der Waals surface area contributed by atoms with Crippen molar-refractivity contribution < 1.29 is 4.79 Å². The molecular formula is C15H21ClN2O. The van der Waals surface area contributed by atoms with Crippen molar-refractivity contribution in [3.8, 4) is 0 Å². The number of halogens is 1.